The molecule has 5 fully saturated rings. The largest absolute Gasteiger partial charge is 0.465 e. The lowest BCUT2D eigenvalue weighted by Crippen LogP contribution is -2.75. The van der Waals surface area contributed by atoms with Gasteiger partial charge in [-0.1, -0.05) is 26.8 Å². The van der Waals surface area contributed by atoms with Crippen molar-refractivity contribution in [3.8, 4) is 0 Å². The van der Waals surface area contributed by atoms with Crippen LogP contribution in [0.5, 0.6) is 0 Å². The molecule has 0 aromatic rings. The molecule has 0 N–H and O–H groups in total. The van der Waals surface area contributed by atoms with Gasteiger partial charge in [0.05, 0.1) is 19.1 Å². The van der Waals surface area contributed by atoms with Crippen LogP contribution >= 0.6 is 0 Å². The number of cyclic esters (lactones) is 2. The second-order valence-electron chi connectivity index (χ2n) is 13.9. The Morgan fingerprint density at radius 2 is 1.72 bits per heavy atom. The zero-order chi connectivity index (χ0) is 28.3. The topological polar surface area (TPSA) is 118 Å². The average molecular weight is 545 g/mol. The molecule has 11 atom stereocenters. The van der Waals surface area contributed by atoms with Crippen LogP contribution in [0.2, 0.25) is 0 Å². The van der Waals surface area contributed by atoms with E-state index in [0.29, 0.717) is 13.0 Å². The van der Waals surface area contributed by atoms with Gasteiger partial charge in [0, 0.05) is 42.6 Å². The number of fused-ring (bicyclic) bond motifs is 3. The third-order valence-corrected chi connectivity index (χ3v) is 11.7. The minimum absolute atomic E-state index is 0.0746. The van der Waals surface area contributed by atoms with Gasteiger partial charge in [-0.3, -0.25) is 14.4 Å². The van der Waals surface area contributed by atoms with E-state index in [1.54, 1.807) is 0 Å². The van der Waals surface area contributed by atoms with Gasteiger partial charge in [0.15, 0.2) is 0 Å². The monoisotopic (exact) mass is 544 g/mol. The summed E-state index contributed by atoms with van der Waals surface area (Å²) in [5.41, 5.74) is -3.37. The Morgan fingerprint density at radius 1 is 1.03 bits per heavy atom. The van der Waals surface area contributed by atoms with E-state index < -0.39 is 58.1 Å². The maximum absolute atomic E-state index is 12.8. The highest BCUT2D eigenvalue weighted by Crippen LogP contribution is 2.81. The van der Waals surface area contributed by atoms with Crippen LogP contribution in [0.25, 0.3) is 0 Å². The molecule has 6 aliphatic rings. The molecule has 1 unspecified atom stereocenters. The molecule has 2 saturated heterocycles. The fourth-order valence-electron chi connectivity index (χ4n) is 10.8. The minimum atomic E-state index is -1.02. The van der Waals surface area contributed by atoms with E-state index in [9.17, 15) is 19.2 Å². The number of carbonyl (C=O) groups is 4. The molecule has 0 amide bonds. The van der Waals surface area contributed by atoms with Crippen molar-refractivity contribution < 1.29 is 42.9 Å². The minimum Gasteiger partial charge on any atom is -0.465 e. The average Bonchev–Trinajstić information content (AvgIpc) is 3.33. The SMILES string of the molecule is CC(=O)O[C@H]1[C@@H](OC(C)=O)[C@]2(C)[C@H](CC[C@@]3(C)[C@H](C4COC(=O)C4)C[C@@H]4O[C@]423)[C@@]2(C)C=CC(=O)OC(C)(C)[C@H]12. The zero-order valence-corrected chi connectivity index (χ0v) is 23.9. The van der Waals surface area contributed by atoms with Gasteiger partial charge in [-0.05, 0) is 50.4 Å². The first kappa shape index (κ1) is 26.8. The summed E-state index contributed by atoms with van der Waals surface area (Å²) in [5, 5.41) is 0. The number of rotatable bonds is 3. The standard InChI is InChI=1S/C30H40O9/c1-15(31)36-23-24-26(3,4)39-21(33)9-10-27(24,5)19-8-11-28(6)18(17-12-22(34)35-14-17)13-20-30(28,38-20)29(19,7)25(23)37-16(2)32/h9-10,17-20,23-25H,8,11-14H2,1-7H3/t17?,18-,19+,20-,23+,24-,25+,27+,28-,29-,30-/m0/s1. The van der Waals surface area contributed by atoms with Crippen LogP contribution in [0, 0.1) is 39.9 Å². The Balaban J connectivity index is 1.55. The quantitative estimate of drug-likeness (QED) is 0.299. The summed E-state index contributed by atoms with van der Waals surface area (Å²) in [6.45, 7) is 13.3. The number of carbonyl (C=O) groups excluding carboxylic acids is 4. The number of hydrogen-bond donors (Lipinski definition) is 0. The molecule has 9 heteroatoms. The first-order valence-electron chi connectivity index (χ1n) is 14.2. The lowest BCUT2D eigenvalue weighted by molar-refractivity contribution is -0.283. The highest BCUT2D eigenvalue weighted by Gasteiger charge is 2.88. The van der Waals surface area contributed by atoms with E-state index >= 15 is 0 Å². The zero-order valence-electron chi connectivity index (χ0n) is 23.9. The van der Waals surface area contributed by atoms with Crippen molar-refractivity contribution in [2.24, 2.45) is 39.9 Å². The molecule has 39 heavy (non-hydrogen) atoms. The number of hydrogen-bond acceptors (Lipinski definition) is 9. The first-order chi connectivity index (χ1) is 18.1. The molecular formula is C30H40O9. The van der Waals surface area contributed by atoms with Crippen molar-refractivity contribution >= 4 is 23.9 Å². The molecule has 3 aliphatic carbocycles. The maximum Gasteiger partial charge on any atom is 0.330 e. The molecule has 0 aromatic heterocycles. The van der Waals surface area contributed by atoms with Crippen LogP contribution in [0.15, 0.2) is 12.2 Å². The molecule has 3 heterocycles. The fraction of sp³-hybridized carbons (Fsp3) is 0.800. The molecule has 9 nitrogen and oxygen atoms in total. The van der Waals surface area contributed by atoms with E-state index in [2.05, 4.69) is 20.8 Å². The van der Waals surface area contributed by atoms with Gasteiger partial charge in [-0.15, -0.1) is 0 Å². The smallest absolute Gasteiger partial charge is 0.330 e. The van der Waals surface area contributed by atoms with Gasteiger partial charge < -0.3 is 23.7 Å². The van der Waals surface area contributed by atoms with Crippen LogP contribution in [0.4, 0.5) is 0 Å². The number of allylic oxidation sites excluding steroid dienone is 1. The van der Waals surface area contributed by atoms with Crippen molar-refractivity contribution in [1.29, 1.82) is 0 Å². The summed E-state index contributed by atoms with van der Waals surface area (Å²) >= 11 is 0. The first-order valence-corrected chi connectivity index (χ1v) is 14.2. The van der Waals surface area contributed by atoms with Crippen LogP contribution < -0.4 is 0 Å². The van der Waals surface area contributed by atoms with Crippen molar-refractivity contribution in [2.75, 3.05) is 6.61 Å². The van der Waals surface area contributed by atoms with Crippen LogP contribution in [0.3, 0.4) is 0 Å². The van der Waals surface area contributed by atoms with Gasteiger partial charge in [0.25, 0.3) is 0 Å². The normalized spacial score (nSPS) is 50.8. The highest BCUT2D eigenvalue weighted by molar-refractivity contribution is 5.83. The van der Waals surface area contributed by atoms with Crippen LogP contribution in [-0.4, -0.2) is 60.0 Å². The number of ether oxygens (including phenoxy) is 5. The van der Waals surface area contributed by atoms with Crippen LogP contribution in [0.1, 0.15) is 74.1 Å². The molecule has 3 aliphatic heterocycles. The van der Waals surface area contributed by atoms with Crippen molar-refractivity contribution in [3.63, 3.8) is 0 Å². The van der Waals surface area contributed by atoms with Crippen molar-refractivity contribution in [1.82, 2.24) is 0 Å². The fourth-order valence-corrected chi connectivity index (χ4v) is 10.8. The Hall–Kier alpha value is -2.42. The van der Waals surface area contributed by atoms with E-state index in [1.165, 1.54) is 19.9 Å². The van der Waals surface area contributed by atoms with E-state index in [4.69, 9.17) is 23.7 Å². The summed E-state index contributed by atoms with van der Waals surface area (Å²) in [7, 11) is 0. The Kier molecular flexibility index (Phi) is 5.55. The van der Waals surface area contributed by atoms with Gasteiger partial charge >= 0.3 is 23.9 Å². The third-order valence-electron chi connectivity index (χ3n) is 11.7. The molecule has 0 bridgehead atoms. The molecule has 1 spiro atoms. The lowest BCUT2D eigenvalue weighted by Gasteiger charge is -2.68. The third kappa shape index (κ3) is 3.28. The summed E-state index contributed by atoms with van der Waals surface area (Å²) in [4.78, 5) is 50.2. The Bertz CT molecular complexity index is 1170. The second-order valence-corrected chi connectivity index (χ2v) is 13.9. The summed E-state index contributed by atoms with van der Waals surface area (Å²) in [5.74, 6) is -1.80. The van der Waals surface area contributed by atoms with Crippen molar-refractivity contribution in [3.05, 3.63) is 12.2 Å². The summed E-state index contributed by atoms with van der Waals surface area (Å²) in [6.07, 6.45) is 4.51. The Morgan fingerprint density at radius 3 is 2.33 bits per heavy atom. The van der Waals surface area contributed by atoms with Crippen molar-refractivity contribution in [2.45, 2.75) is 104 Å². The highest BCUT2D eigenvalue weighted by atomic mass is 16.6. The predicted molar refractivity (Wildman–Crippen MR) is 136 cm³/mol. The summed E-state index contributed by atoms with van der Waals surface area (Å²) < 4.78 is 30.4. The lowest BCUT2D eigenvalue weighted by atomic mass is 9.37. The second kappa shape index (κ2) is 8.08. The molecular weight excluding hydrogens is 504 g/mol. The molecule has 6 rings (SSSR count). The molecule has 214 valence electrons. The predicted octanol–water partition coefficient (Wildman–Crippen LogP) is 3.52. The van der Waals surface area contributed by atoms with E-state index in [0.717, 1.165) is 19.3 Å². The number of esters is 4. The van der Waals surface area contributed by atoms with Gasteiger partial charge in [-0.2, -0.15) is 0 Å². The molecule has 0 radical (unpaired) electrons. The van der Waals surface area contributed by atoms with E-state index in [1.807, 2.05) is 19.9 Å². The maximum atomic E-state index is 12.8. The summed E-state index contributed by atoms with van der Waals surface area (Å²) in [6, 6.07) is 0. The number of epoxide rings is 1. The van der Waals surface area contributed by atoms with Crippen LogP contribution in [-0.2, 0) is 42.9 Å². The van der Waals surface area contributed by atoms with Gasteiger partial charge in [-0.25, -0.2) is 4.79 Å². The molecule has 3 saturated carbocycles. The van der Waals surface area contributed by atoms with E-state index in [-0.39, 0.29) is 35.2 Å². The Labute approximate surface area is 229 Å². The molecule has 0 aromatic carbocycles. The van der Waals surface area contributed by atoms with Gasteiger partial charge in [0.1, 0.15) is 23.4 Å². The van der Waals surface area contributed by atoms with Gasteiger partial charge in [0.2, 0.25) is 0 Å².